The third-order valence-corrected chi connectivity index (χ3v) is 6.66. The standard InChI is InChI=1S/C25H27FN2O5S/c1-3-32-22-13-15-23(16-14-22)34(30,31)28(21-11-9-20(26)10-12-21)18-25(29)27-17-19-7-5-6-8-24(19)33-4-2/h5-16H,3-4,17-18H2,1-2H3,(H,27,29). The van der Waals surface area contributed by atoms with Gasteiger partial charge in [-0.05, 0) is 68.4 Å². The summed E-state index contributed by atoms with van der Waals surface area (Å²) in [5.41, 5.74) is 0.931. The predicted molar refractivity (Wildman–Crippen MR) is 128 cm³/mol. The number of carbonyl (C=O) groups is 1. The molecule has 180 valence electrons. The van der Waals surface area contributed by atoms with Crippen molar-refractivity contribution >= 4 is 21.6 Å². The summed E-state index contributed by atoms with van der Waals surface area (Å²) in [6.07, 6.45) is 0. The smallest absolute Gasteiger partial charge is 0.264 e. The Morgan fingerprint density at radius 1 is 0.912 bits per heavy atom. The number of para-hydroxylation sites is 1. The SMILES string of the molecule is CCOc1ccc(S(=O)(=O)N(CC(=O)NCc2ccccc2OCC)c2ccc(F)cc2)cc1. The van der Waals surface area contributed by atoms with Crippen LogP contribution in [0.1, 0.15) is 19.4 Å². The summed E-state index contributed by atoms with van der Waals surface area (Å²) in [6, 6.07) is 18.1. The van der Waals surface area contributed by atoms with Crippen LogP contribution in [0.15, 0.2) is 77.7 Å². The number of halogens is 1. The van der Waals surface area contributed by atoms with Gasteiger partial charge in [0.1, 0.15) is 23.9 Å². The first kappa shape index (κ1) is 25.0. The van der Waals surface area contributed by atoms with Crippen LogP contribution in [0.25, 0.3) is 0 Å². The number of nitrogens with one attached hydrogen (secondary N) is 1. The van der Waals surface area contributed by atoms with E-state index >= 15 is 0 Å². The van der Waals surface area contributed by atoms with Gasteiger partial charge in [-0.3, -0.25) is 9.10 Å². The molecule has 3 aromatic carbocycles. The Bertz CT molecular complexity index is 1200. The minimum absolute atomic E-state index is 0.0187. The van der Waals surface area contributed by atoms with Crippen LogP contribution in [0.4, 0.5) is 10.1 Å². The third-order valence-electron chi connectivity index (χ3n) is 4.87. The first-order valence-corrected chi connectivity index (χ1v) is 12.3. The second kappa shape index (κ2) is 11.5. The molecule has 0 aliphatic rings. The van der Waals surface area contributed by atoms with E-state index in [2.05, 4.69) is 5.32 Å². The Morgan fingerprint density at radius 3 is 2.21 bits per heavy atom. The molecule has 1 amide bonds. The highest BCUT2D eigenvalue weighted by atomic mass is 32.2. The summed E-state index contributed by atoms with van der Waals surface area (Å²) in [7, 11) is -4.12. The molecule has 0 aromatic heterocycles. The van der Waals surface area contributed by atoms with E-state index < -0.39 is 28.3 Å². The molecule has 0 atom stereocenters. The number of amides is 1. The van der Waals surface area contributed by atoms with Crippen molar-refractivity contribution in [2.45, 2.75) is 25.3 Å². The minimum atomic E-state index is -4.12. The largest absolute Gasteiger partial charge is 0.494 e. The maximum atomic E-state index is 13.5. The number of ether oxygens (including phenoxy) is 2. The number of carbonyl (C=O) groups excluding carboxylic acids is 1. The Morgan fingerprint density at radius 2 is 1.56 bits per heavy atom. The van der Waals surface area contributed by atoms with E-state index in [9.17, 15) is 17.6 Å². The fourth-order valence-electron chi connectivity index (χ4n) is 3.25. The first-order chi connectivity index (χ1) is 16.3. The number of sulfonamides is 1. The van der Waals surface area contributed by atoms with Gasteiger partial charge in [0.2, 0.25) is 5.91 Å². The summed E-state index contributed by atoms with van der Waals surface area (Å²) in [6.45, 7) is 4.28. The molecule has 0 saturated heterocycles. The zero-order chi connectivity index (χ0) is 24.6. The van der Waals surface area contributed by atoms with Crippen molar-refractivity contribution in [3.8, 4) is 11.5 Å². The van der Waals surface area contributed by atoms with Crippen LogP contribution in [0.2, 0.25) is 0 Å². The topological polar surface area (TPSA) is 84.9 Å². The number of benzene rings is 3. The van der Waals surface area contributed by atoms with Crippen LogP contribution >= 0.6 is 0 Å². The van der Waals surface area contributed by atoms with Crippen molar-refractivity contribution in [3.05, 3.63) is 84.2 Å². The number of anilines is 1. The molecule has 0 aliphatic heterocycles. The lowest BCUT2D eigenvalue weighted by Gasteiger charge is -2.24. The van der Waals surface area contributed by atoms with Crippen LogP contribution in [0.3, 0.4) is 0 Å². The van der Waals surface area contributed by atoms with Crippen LogP contribution in [0, 0.1) is 5.82 Å². The fourth-order valence-corrected chi connectivity index (χ4v) is 4.67. The van der Waals surface area contributed by atoms with Gasteiger partial charge in [-0.25, -0.2) is 12.8 Å². The van der Waals surface area contributed by atoms with E-state index in [1.54, 1.807) is 18.2 Å². The fraction of sp³-hybridized carbons (Fsp3) is 0.240. The van der Waals surface area contributed by atoms with Gasteiger partial charge in [0.25, 0.3) is 10.0 Å². The summed E-state index contributed by atoms with van der Waals surface area (Å²) in [4.78, 5) is 12.8. The highest BCUT2D eigenvalue weighted by molar-refractivity contribution is 7.92. The summed E-state index contributed by atoms with van der Waals surface area (Å²) in [5.74, 6) is 0.132. The Balaban J connectivity index is 1.83. The molecule has 0 saturated carbocycles. The molecule has 3 rings (SSSR count). The maximum absolute atomic E-state index is 13.5. The van der Waals surface area contributed by atoms with Crippen LogP contribution in [-0.4, -0.2) is 34.1 Å². The van der Waals surface area contributed by atoms with Gasteiger partial charge >= 0.3 is 0 Å². The summed E-state index contributed by atoms with van der Waals surface area (Å²) < 4.78 is 52.2. The van der Waals surface area contributed by atoms with Gasteiger partial charge in [0, 0.05) is 12.1 Å². The molecule has 0 aliphatic carbocycles. The second-order valence-corrected chi connectivity index (χ2v) is 9.07. The normalized spacial score (nSPS) is 11.0. The first-order valence-electron chi connectivity index (χ1n) is 10.8. The lowest BCUT2D eigenvalue weighted by atomic mass is 10.2. The molecule has 0 spiro atoms. The van der Waals surface area contributed by atoms with Crippen molar-refractivity contribution in [1.82, 2.24) is 5.32 Å². The average Bonchev–Trinajstić information content (AvgIpc) is 2.83. The number of rotatable bonds is 11. The molecule has 7 nitrogen and oxygen atoms in total. The molecule has 0 bridgehead atoms. The monoisotopic (exact) mass is 486 g/mol. The molecule has 0 radical (unpaired) electrons. The number of hydrogen-bond donors (Lipinski definition) is 1. The van der Waals surface area contributed by atoms with Gasteiger partial charge in [-0.2, -0.15) is 0 Å². The summed E-state index contributed by atoms with van der Waals surface area (Å²) >= 11 is 0. The third kappa shape index (κ3) is 6.26. The highest BCUT2D eigenvalue weighted by Crippen LogP contribution is 2.25. The molecule has 0 fully saturated rings. The zero-order valence-electron chi connectivity index (χ0n) is 19.0. The van der Waals surface area contributed by atoms with Crippen LogP contribution in [0.5, 0.6) is 11.5 Å². The number of hydrogen-bond acceptors (Lipinski definition) is 5. The lowest BCUT2D eigenvalue weighted by Crippen LogP contribution is -2.40. The van der Waals surface area contributed by atoms with Gasteiger partial charge in [0.05, 0.1) is 23.8 Å². The Labute approximate surface area is 199 Å². The van der Waals surface area contributed by atoms with Crippen LogP contribution < -0.4 is 19.1 Å². The van der Waals surface area contributed by atoms with E-state index in [1.807, 2.05) is 32.0 Å². The van der Waals surface area contributed by atoms with E-state index in [4.69, 9.17) is 9.47 Å². The van der Waals surface area contributed by atoms with Gasteiger partial charge in [-0.15, -0.1) is 0 Å². The minimum Gasteiger partial charge on any atom is -0.494 e. The molecular weight excluding hydrogens is 459 g/mol. The maximum Gasteiger partial charge on any atom is 0.264 e. The van der Waals surface area contributed by atoms with E-state index in [0.29, 0.717) is 24.7 Å². The quantitative estimate of drug-likeness (QED) is 0.441. The van der Waals surface area contributed by atoms with Crippen molar-refractivity contribution in [2.75, 3.05) is 24.1 Å². The van der Waals surface area contributed by atoms with Crippen LogP contribution in [-0.2, 0) is 21.4 Å². The second-order valence-electron chi connectivity index (χ2n) is 7.21. The van der Waals surface area contributed by atoms with Crippen molar-refractivity contribution in [3.63, 3.8) is 0 Å². The molecule has 9 heteroatoms. The predicted octanol–water partition coefficient (Wildman–Crippen LogP) is 4.13. The van der Waals surface area contributed by atoms with E-state index in [1.165, 1.54) is 24.3 Å². The van der Waals surface area contributed by atoms with Gasteiger partial charge in [0.15, 0.2) is 0 Å². The zero-order valence-corrected chi connectivity index (χ0v) is 19.8. The lowest BCUT2D eigenvalue weighted by molar-refractivity contribution is -0.119. The number of nitrogens with zero attached hydrogens (tertiary/aromatic N) is 1. The molecular formula is C25H27FN2O5S. The average molecular weight is 487 g/mol. The van der Waals surface area contributed by atoms with Crippen molar-refractivity contribution in [2.24, 2.45) is 0 Å². The van der Waals surface area contributed by atoms with Crippen molar-refractivity contribution < 1.29 is 27.1 Å². The summed E-state index contributed by atoms with van der Waals surface area (Å²) in [5, 5.41) is 2.74. The van der Waals surface area contributed by atoms with E-state index in [0.717, 1.165) is 22.0 Å². The van der Waals surface area contributed by atoms with Gasteiger partial charge in [-0.1, -0.05) is 18.2 Å². The highest BCUT2D eigenvalue weighted by Gasteiger charge is 2.27. The Hall–Kier alpha value is -3.59. The van der Waals surface area contributed by atoms with Crippen molar-refractivity contribution in [1.29, 1.82) is 0 Å². The molecule has 34 heavy (non-hydrogen) atoms. The molecule has 3 aromatic rings. The molecule has 0 heterocycles. The van der Waals surface area contributed by atoms with E-state index in [-0.39, 0.29) is 17.1 Å². The molecule has 1 N–H and O–H groups in total. The Kier molecular flexibility index (Phi) is 8.48. The van der Waals surface area contributed by atoms with Gasteiger partial charge < -0.3 is 14.8 Å². The molecule has 0 unspecified atom stereocenters.